The third-order valence-electron chi connectivity index (χ3n) is 4.82. The van der Waals surface area contributed by atoms with E-state index in [1.807, 2.05) is 6.07 Å². The Labute approximate surface area is 146 Å². The van der Waals surface area contributed by atoms with Crippen molar-refractivity contribution in [3.05, 3.63) is 18.0 Å². The summed E-state index contributed by atoms with van der Waals surface area (Å²) in [7, 11) is 0.303. The van der Waals surface area contributed by atoms with Gasteiger partial charge in [0, 0.05) is 19.3 Å². The van der Waals surface area contributed by atoms with Crippen LogP contribution < -0.4 is 4.74 Å². The van der Waals surface area contributed by atoms with Crippen molar-refractivity contribution in [2.75, 3.05) is 33.4 Å². The van der Waals surface area contributed by atoms with E-state index in [2.05, 4.69) is 55.8 Å². The first-order valence-electron chi connectivity index (χ1n) is 8.56. The molecule has 136 valence electrons. The molecule has 1 atom stereocenters. The Morgan fingerprint density at radius 3 is 2.79 bits per heavy atom. The van der Waals surface area contributed by atoms with Crippen molar-refractivity contribution in [1.82, 2.24) is 14.9 Å². The van der Waals surface area contributed by atoms with Gasteiger partial charge in [0.2, 0.25) is 0 Å². The van der Waals surface area contributed by atoms with Crippen LogP contribution in [0.25, 0.3) is 0 Å². The standard InChI is InChI=1S/C17H31N3O3Si/c1-17(2,3)24(5,6)23-12-14-7-8-18-16(19-14)22-13-15-11-20(4)9-10-21-15/h7-8,15H,9-13H2,1-6H3. The highest BCUT2D eigenvalue weighted by molar-refractivity contribution is 6.74. The molecule has 6 nitrogen and oxygen atoms in total. The molecule has 0 aliphatic carbocycles. The Bertz CT molecular complexity index is 534. The van der Waals surface area contributed by atoms with Crippen LogP contribution in [0.3, 0.4) is 0 Å². The normalized spacial score (nSPS) is 20.2. The van der Waals surface area contributed by atoms with Crippen LogP contribution in [0.1, 0.15) is 26.5 Å². The van der Waals surface area contributed by atoms with Crippen molar-refractivity contribution in [3.8, 4) is 6.01 Å². The lowest BCUT2D eigenvalue weighted by molar-refractivity contribution is -0.0417. The fourth-order valence-corrected chi connectivity index (χ4v) is 3.07. The van der Waals surface area contributed by atoms with E-state index < -0.39 is 8.32 Å². The molecule has 1 unspecified atom stereocenters. The highest BCUT2D eigenvalue weighted by atomic mass is 28.4. The van der Waals surface area contributed by atoms with Crippen LogP contribution in [-0.4, -0.2) is 62.6 Å². The van der Waals surface area contributed by atoms with Gasteiger partial charge in [0.05, 0.1) is 18.9 Å². The molecule has 0 bridgehead atoms. The Balaban J connectivity index is 1.87. The van der Waals surface area contributed by atoms with Gasteiger partial charge in [0.15, 0.2) is 8.32 Å². The van der Waals surface area contributed by atoms with Crippen molar-refractivity contribution < 1.29 is 13.9 Å². The second kappa shape index (κ2) is 7.90. The van der Waals surface area contributed by atoms with Gasteiger partial charge in [0.1, 0.15) is 12.7 Å². The molecule has 1 aromatic heterocycles. The fraction of sp³-hybridized carbons (Fsp3) is 0.765. The molecule has 1 aliphatic heterocycles. The molecule has 1 aromatic rings. The van der Waals surface area contributed by atoms with Crippen LogP contribution in [0.15, 0.2) is 12.3 Å². The fourth-order valence-electron chi connectivity index (χ4n) is 2.13. The molecule has 2 heterocycles. The van der Waals surface area contributed by atoms with Crippen molar-refractivity contribution in [2.45, 2.75) is 51.6 Å². The summed E-state index contributed by atoms with van der Waals surface area (Å²) in [5.41, 5.74) is 0.853. The SMILES string of the molecule is CN1CCOC(COc2nccc(CO[Si](C)(C)C(C)(C)C)n2)C1. The predicted molar refractivity (Wildman–Crippen MR) is 96.8 cm³/mol. The lowest BCUT2D eigenvalue weighted by atomic mass is 10.2. The molecular weight excluding hydrogens is 322 g/mol. The molecule has 0 N–H and O–H groups in total. The van der Waals surface area contributed by atoms with Gasteiger partial charge in [-0.1, -0.05) is 20.8 Å². The topological polar surface area (TPSA) is 56.7 Å². The summed E-state index contributed by atoms with van der Waals surface area (Å²) < 4.78 is 17.6. The zero-order chi connectivity index (χ0) is 17.8. The molecule has 0 radical (unpaired) electrons. The molecule has 0 amide bonds. The maximum Gasteiger partial charge on any atom is 0.316 e. The zero-order valence-electron chi connectivity index (χ0n) is 15.8. The van der Waals surface area contributed by atoms with Crippen LogP contribution >= 0.6 is 0 Å². The van der Waals surface area contributed by atoms with Gasteiger partial charge >= 0.3 is 6.01 Å². The van der Waals surface area contributed by atoms with Crippen molar-refractivity contribution in [3.63, 3.8) is 0 Å². The third kappa shape index (κ3) is 5.51. The predicted octanol–water partition coefficient (Wildman–Crippen LogP) is 2.71. The smallest absolute Gasteiger partial charge is 0.316 e. The molecule has 0 saturated carbocycles. The molecule has 0 aromatic carbocycles. The number of morpholine rings is 1. The van der Waals surface area contributed by atoms with Crippen molar-refractivity contribution in [2.24, 2.45) is 0 Å². The van der Waals surface area contributed by atoms with Crippen LogP contribution in [-0.2, 0) is 15.8 Å². The van der Waals surface area contributed by atoms with Crippen LogP contribution in [0.5, 0.6) is 6.01 Å². The molecule has 7 heteroatoms. The number of rotatable bonds is 6. The molecule has 1 saturated heterocycles. The number of nitrogens with zero attached hydrogens (tertiary/aromatic N) is 3. The number of hydrogen-bond donors (Lipinski definition) is 0. The number of aromatic nitrogens is 2. The van der Waals surface area contributed by atoms with Crippen molar-refractivity contribution >= 4 is 8.32 Å². The first kappa shape index (κ1) is 19.3. The van der Waals surface area contributed by atoms with Crippen molar-refractivity contribution in [1.29, 1.82) is 0 Å². The van der Waals surface area contributed by atoms with Gasteiger partial charge in [-0.05, 0) is 31.2 Å². The maximum absolute atomic E-state index is 6.21. The summed E-state index contributed by atoms with van der Waals surface area (Å²) in [6.45, 7) is 14.7. The van der Waals surface area contributed by atoms with Gasteiger partial charge in [-0.3, -0.25) is 0 Å². The average molecular weight is 354 g/mol. The second-order valence-electron chi connectivity index (χ2n) is 7.95. The average Bonchev–Trinajstić information content (AvgIpc) is 2.50. The molecule has 0 spiro atoms. The largest absolute Gasteiger partial charge is 0.461 e. The van der Waals surface area contributed by atoms with Crippen LogP contribution in [0, 0.1) is 0 Å². The summed E-state index contributed by atoms with van der Waals surface area (Å²) in [5.74, 6) is 0. The van der Waals surface area contributed by atoms with E-state index in [1.165, 1.54) is 0 Å². The second-order valence-corrected chi connectivity index (χ2v) is 12.8. The minimum Gasteiger partial charge on any atom is -0.461 e. The molecule has 1 aliphatic rings. The summed E-state index contributed by atoms with van der Waals surface area (Å²) >= 11 is 0. The summed E-state index contributed by atoms with van der Waals surface area (Å²) in [6, 6.07) is 2.27. The van der Waals surface area contributed by atoms with E-state index in [-0.39, 0.29) is 11.1 Å². The van der Waals surface area contributed by atoms with Gasteiger partial charge in [-0.25, -0.2) is 4.98 Å². The quantitative estimate of drug-likeness (QED) is 0.733. The summed E-state index contributed by atoms with van der Waals surface area (Å²) in [5, 5.41) is 0.184. The molecule has 24 heavy (non-hydrogen) atoms. The Kier molecular flexibility index (Phi) is 6.36. The minimum absolute atomic E-state index is 0.0690. The lowest BCUT2D eigenvalue weighted by Crippen LogP contribution is -2.42. The number of hydrogen-bond acceptors (Lipinski definition) is 6. The first-order chi connectivity index (χ1) is 11.2. The number of ether oxygens (including phenoxy) is 2. The Morgan fingerprint density at radius 2 is 2.12 bits per heavy atom. The van der Waals surface area contributed by atoms with E-state index in [0.29, 0.717) is 19.2 Å². The van der Waals surface area contributed by atoms with Gasteiger partial charge in [-0.2, -0.15) is 4.98 Å². The Hall–Kier alpha value is -1.02. The van der Waals surface area contributed by atoms with E-state index in [9.17, 15) is 0 Å². The van der Waals surface area contributed by atoms with Crippen LogP contribution in [0.2, 0.25) is 18.1 Å². The Morgan fingerprint density at radius 1 is 1.38 bits per heavy atom. The van der Waals surface area contributed by atoms with Gasteiger partial charge in [0.25, 0.3) is 0 Å². The summed E-state index contributed by atoms with van der Waals surface area (Å²) in [6.07, 6.45) is 1.79. The monoisotopic (exact) mass is 353 g/mol. The van der Waals surface area contributed by atoms with E-state index >= 15 is 0 Å². The maximum atomic E-state index is 6.21. The van der Waals surface area contributed by atoms with Gasteiger partial charge < -0.3 is 18.8 Å². The van der Waals surface area contributed by atoms with E-state index in [0.717, 1.165) is 25.4 Å². The minimum atomic E-state index is -1.78. The van der Waals surface area contributed by atoms with Crippen LogP contribution in [0.4, 0.5) is 0 Å². The molecule has 2 rings (SSSR count). The molecular formula is C17H31N3O3Si. The lowest BCUT2D eigenvalue weighted by Gasteiger charge is -2.36. The number of likely N-dealkylation sites (N-methyl/N-ethyl adjacent to an activating group) is 1. The highest BCUT2D eigenvalue weighted by Crippen LogP contribution is 2.36. The summed E-state index contributed by atoms with van der Waals surface area (Å²) in [4.78, 5) is 10.9. The zero-order valence-corrected chi connectivity index (χ0v) is 16.8. The highest BCUT2D eigenvalue weighted by Gasteiger charge is 2.37. The molecule has 1 fully saturated rings. The third-order valence-corrected chi connectivity index (χ3v) is 9.30. The van der Waals surface area contributed by atoms with E-state index in [1.54, 1.807) is 6.20 Å². The van der Waals surface area contributed by atoms with E-state index in [4.69, 9.17) is 13.9 Å². The van der Waals surface area contributed by atoms with Gasteiger partial charge in [-0.15, -0.1) is 0 Å². The first-order valence-corrected chi connectivity index (χ1v) is 11.5.